The largest absolute Gasteiger partial charge is 0.351 e. The second kappa shape index (κ2) is 5.97. The lowest BCUT2D eigenvalue weighted by atomic mass is 9.62. The molecule has 0 bridgehead atoms. The number of rotatable bonds is 1. The first-order chi connectivity index (χ1) is 12.2. The summed E-state index contributed by atoms with van der Waals surface area (Å²) in [5.41, 5.74) is 4.21. The SMILES string of the molecule is CC(C)(C)NC(=O)C1CC[C@H]2C3=C(CC[C@]12C)N1CCC(=O)C=C1CC3. The van der Waals surface area contributed by atoms with Gasteiger partial charge in [-0.2, -0.15) is 0 Å². The summed E-state index contributed by atoms with van der Waals surface area (Å²) in [7, 11) is 0. The molecule has 4 aliphatic rings. The van der Waals surface area contributed by atoms with Gasteiger partial charge in [0.1, 0.15) is 0 Å². The summed E-state index contributed by atoms with van der Waals surface area (Å²) in [5, 5.41) is 3.23. The Labute approximate surface area is 157 Å². The second-order valence-corrected chi connectivity index (χ2v) is 9.90. The van der Waals surface area contributed by atoms with Gasteiger partial charge in [0.2, 0.25) is 5.91 Å². The van der Waals surface area contributed by atoms with Crippen molar-refractivity contribution in [2.75, 3.05) is 6.54 Å². The molecule has 2 heterocycles. The molecule has 0 spiro atoms. The van der Waals surface area contributed by atoms with Gasteiger partial charge in [0.05, 0.1) is 0 Å². The Kier molecular flexibility index (Phi) is 4.09. The fraction of sp³-hybridized carbons (Fsp3) is 0.727. The number of nitrogens with one attached hydrogen (secondary N) is 1. The molecular formula is C22H32N2O2. The molecule has 2 aliphatic carbocycles. The van der Waals surface area contributed by atoms with E-state index in [1.54, 1.807) is 5.57 Å². The van der Waals surface area contributed by atoms with E-state index in [-0.39, 0.29) is 28.6 Å². The van der Waals surface area contributed by atoms with Crippen LogP contribution in [0.1, 0.15) is 72.6 Å². The molecule has 1 amide bonds. The van der Waals surface area contributed by atoms with E-state index < -0.39 is 0 Å². The predicted molar refractivity (Wildman–Crippen MR) is 102 cm³/mol. The van der Waals surface area contributed by atoms with Gasteiger partial charge >= 0.3 is 0 Å². The topological polar surface area (TPSA) is 49.4 Å². The molecule has 4 rings (SSSR count). The van der Waals surface area contributed by atoms with E-state index in [1.165, 1.54) is 11.4 Å². The Hall–Kier alpha value is -1.58. The molecule has 26 heavy (non-hydrogen) atoms. The van der Waals surface area contributed by atoms with Crippen LogP contribution in [0.4, 0.5) is 0 Å². The van der Waals surface area contributed by atoms with E-state index in [4.69, 9.17) is 0 Å². The number of carbonyl (C=O) groups is 2. The Morgan fingerprint density at radius 1 is 1.19 bits per heavy atom. The number of hydrogen-bond acceptors (Lipinski definition) is 3. The minimum absolute atomic E-state index is 0.0843. The van der Waals surface area contributed by atoms with Gasteiger partial charge in [-0.1, -0.05) is 6.92 Å². The van der Waals surface area contributed by atoms with Crippen molar-refractivity contribution in [3.8, 4) is 0 Å². The van der Waals surface area contributed by atoms with Gasteiger partial charge in [-0.05, 0) is 76.2 Å². The zero-order chi connectivity index (χ0) is 18.7. The summed E-state index contributed by atoms with van der Waals surface area (Å²) in [6.45, 7) is 9.39. The molecule has 1 N–H and O–H groups in total. The summed E-state index contributed by atoms with van der Waals surface area (Å²) in [5.74, 6) is 1.18. The number of ketones is 1. The maximum absolute atomic E-state index is 13.0. The molecule has 2 aliphatic heterocycles. The van der Waals surface area contributed by atoms with Crippen LogP contribution in [0.3, 0.4) is 0 Å². The molecule has 0 saturated heterocycles. The van der Waals surface area contributed by atoms with Crippen LogP contribution < -0.4 is 5.32 Å². The Morgan fingerprint density at radius 3 is 2.69 bits per heavy atom. The summed E-state index contributed by atoms with van der Waals surface area (Å²) in [4.78, 5) is 27.2. The molecule has 0 radical (unpaired) electrons. The van der Waals surface area contributed by atoms with Crippen molar-refractivity contribution in [1.29, 1.82) is 0 Å². The van der Waals surface area contributed by atoms with Crippen molar-refractivity contribution in [3.05, 3.63) is 23.0 Å². The van der Waals surface area contributed by atoms with Crippen LogP contribution in [0.15, 0.2) is 23.0 Å². The first-order valence-corrected chi connectivity index (χ1v) is 10.2. The number of nitrogens with zero attached hydrogens (tertiary/aromatic N) is 1. The summed E-state index contributed by atoms with van der Waals surface area (Å²) in [6.07, 6.45) is 8.82. The molecule has 3 atom stereocenters. The summed E-state index contributed by atoms with van der Waals surface area (Å²) < 4.78 is 0. The van der Waals surface area contributed by atoms with E-state index in [0.717, 1.165) is 45.1 Å². The molecule has 142 valence electrons. The molecule has 1 fully saturated rings. The van der Waals surface area contributed by atoms with E-state index in [0.29, 0.717) is 12.3 Å². The molecule has 4 heteroatoms. The van der Waals surface area contributed by atoms with E-state index >= 15 is 0 Å². The fourth-order valence-electron chi connectivity index (χ4n) is 5.90. The van der Waals surface area contributed by atoms with Gasteiger partial charge in [0.15, 0.2) is 5.78 Å². The van der Waals surface area contributed by atoms with Crippen LogP contribution in [0, 0.1) is 17.3 Å². The summed E-state index contributed by atoms with van der Waals surface area (Å²) in [6, 6.07) is 0. The quantitative estimate of drug-likeness (QED) is 0.774. The molecule has 0 aromatic heterocycles. The third-order valence-corrected chi connectivity index (χ3v) is 7.07. The predicted octanol–water partition coefficient (Wildman–Crippen LogP) is 3.93. The molecule has 1 unspecified atom stereocenters. The number of allylic oxidation sites excluding steroid dienone is 4. The van der Waals surface area contributed by atoms with Gasteiger partial charge in [-0.25, -0.2) is 0 Å². The van der Waals surface area contributed by atoms with Crippen LogP contribution in [-0.2, 0) is 9.59 Å². The van der Waals surface area contributed by atoms with Gasteiger partial charge in [0.25, 0.3) is 0 Å². The van der Waals surface area contributed by atoms with Gasteiger partial charge in [-0.3, -0.25) is 9.59 Å². The maximum atomic E-state index is 13.0. The highest BCUT2D eigenvalue weighted by Gasteiger charge is 2.54. The number of fused-ring (bicyclic) bond motifs is 4. The monoisotopic (exact) mass is 356 g/mol. The Bertz CT molecular complexity index is 712. The number of carbonyl (C=O) groups excluding carboxylic acids is 2. The van der Waals surface area contributed by atoms with Crippen LogP contribution in [0.2, 0.25) is 0 Å². The highest BCUT2D eigenvalue weighted by Crippen LogP contribution is 2.59. The minimum Gasteiger partial charge on any atom is -0.351 e. The number of hydrogen-bond donors (Lipinski definition) is 1. The average molecular weight is 357 g/mol. The Morgan fingerprint density at radius 2 is 1.96 bits per heavy atom. The van der Waals surface area contributed by atoms with E-state index in [2.05, 4.69) is 37.9 Å². The molecule has 0 aromatic rings. The van der Waals surface area contributed by atoms with Gasteiger partial charge < -0.3 is 10.2 Å². The normalized spacial score (nSPS) is 34.1. The van der Waals surface area contributed by atoms with E-state index in [9.17, 15) is 9.59 Å². The first kappa shape index (κ1) is 17.8. The average Bonchev–Trinajstić information content (AvgIpc) is 2.90. The van der Waals surface area contributed by atoms with Crippen LogP contribution in [-0.4, -0.2) is 28.7 Å². The third-order valence-electron chi connectivity index (χ3n) is 7.07. The lowest BCUT2D eigenvalue weighted by Crippen LogP contribution is -2.49. The standard InChI is InChI=1S/C22H32N2O2/c1-21(2,3)23-20(26)18-8-7-17-16-6-5-14-13-15(25)10-12-24(14)19(16)9-11-22(17,18)4/h13,17-18H,5-12H2,1-4H3,(H,23,26)/t17-,18?,22-/m0/s1. The van der Waals surface area contributed by atoms with E-state index in [1.807, 2.05) is 6.08 Å². The van der Waals surface area contributed by atoms with Crippen molar-refractivity contribution in [2.24, 2.45) is 17.3 Å². The molecular weight excluding hydrogens is 324 g/mol. The van der Waals surface area contributed by atoms with Crippen molar-refractivity contribution < 1.29 is 9.59 Å². The summed E-state index contributed by atoms with van der Waals surface area (Å²) >= 11 is 0. The zero-order valence-electron chi connectivity index (χ0n) is 16.7. The van der Waals surface area contributed by atoms with Gasteiger partial charge in [0, 0.05) is 41.9 Å². The Balaban J connectivity index is 1.61. The maximum Gasteiger partial charge on any atom is 0.224 e. The lowest BCUT2D eigenvalue weighted by Gasteiger charge is -2.48. The zero-order valence-corrected chi connectivity index (χ0v) is 16.7. The minimum atomic E-state index is -0.171. The molecule has 0 aromatic carbocycles. The lowest BCUT2D eigenvalue weighted by molar-refractivity contribution is -0.130. The number of amides is 1. The smallest absolute Gasteiger partial charge is 0.224 e. The molecule has 4 nitrogen and oxygen atoms in total. The van der Waals surface area contributed by atoms with Crippen LogP contribution >= 0.6 is 0 Å². The fourth-order valence-corrected chi connectivity index (χ4v) is 5.90. The molecule has 1 saturated carbocycles. The third kappa shape index (κ3) is 2.82. The highest BCUT2D eigenvalue weighted by atomic mass is 16.2. The van der Waals surface area contributed by atoms with Crippen LogP contribution in [0.5, 0.6) is 0 Å². The highest BCUT2D eigenvalue weighted by molar-refractivity contribution is 5.91. The van der Waals surface area contributed by atoms with Crippen molar-refractivity contribution in [1.82, 2.24) is 10.2 Å². The van der Waals surface area contributed by atoms with Crippen LogP contribution in [0.25, 0.3) is 0 Å². The van der Waals surface area contributed by atoms with Crippen molar-refractivity contribution in [3.63, 3.8) is 0 Å². The first-order valence-electron chi connectivity index (χ1n) is 10.2. The second-order valence-electron chi connectivity index (χ2n) is 9.90. The van der Waals surface area contributed by atoms with Gasteiger partial charge in [-0.15, -0.1) is 0 Å². The van der Waals surface area contributed by atoms with Crippen molar-refractivity contribution in [2.45, 2.75) is 78.2 Å². The van der Waals surface area contributed by atoms with Crippen molar-refractivity contribution >= 4 is 11.7 Å².